The smallest absolute Gasteiger partial charge is 0.312 e. The largest absolute Gasteiger partial charge is 0.497 e. The summed E-state index contributed by atoms with van der Waals surface area (Å²) in [6.45, 7) is -0.206. The molecule has 2 aromatic rings. The van der Waals surface area contributed by atoms with Crippen LogP contribution in [0.15, 0.2) is 47.4 Å². The maximum absolute atomic E-state index is 12.4. The van der Waals surface area contributed by atoms with Crippen molar-refractivity contribution >= 4 is 16.0 Å². The van der Waals surface area contributed by atoms with Gasteiger partial charge in [-0.05, 0) is 60.2 Å². The molecule has 0 bridgehead atoms. The highest BCUT2D eigenvalue weighted by molar-refractivity contribution is 7.89. The summed E-state index contributed by atoms with van der Waals surface area (Å²) in [5.74, 6) is -1.44. The van der Waals surface area contributed by atoms with Gasteiger partial charge in [0.05, 0.1) is 17.9 Å². The van der Waals surface area contributed by atoms with Crippen molar-refractivity contribution in [3.63, 3.8) is 0 Å². The fourth-order valence-electron chi connectivity index (χ4n) is 3.19. The van der Waals surface area contributed by atoms with E-state index >= 15 is 0 Å². The van der Waals surface area contributed by atoms with Crippen molar-refractivity contribution in [3.05, 3.63) is 59.2 Å². The third-order valence-electron chi connectivity index (χ3n) is 4.67. The average molecular weight is 375 g/mol. The molecule has 1 unspecified atom stereocenters. The highest BCUT2D eigenvalue weighted by Crippen LogP contribution is 2.26. The van der Waals surface area contributed by atoms with Crippen molar-refractivity contribution < 1.29 is 23.1 Å². The van der Waals surface area contributed by atoms with Gasteiger partial charge in [0.15, 0.2) is 0 Å². The Morgan fingerprint density at radius 2 is 1.85 bits per heavy atom. The van der Waals surface area contributed by atoms with Crippen molar-refractivity contribution in [3.8, 4) is 5.75 Å². The number of aryl methyl sites for hydroxylation is 2. The van der Waals surface area contributed by atoms with E-state index in [2.05, 4.69) is 4.72 Å². The fourth-order valence-corrected chi connectivity index (χ4v) is 4.23. The minimum atomic E-state index is -3.80. The highest BCUT2D eigenvalue weighted by atomic mass is 32.2. The van der Waals surface area contributed by atoms with Crippen molar-refractivity contribution in [2.24, 2.45) is 0 Å². The standard InChI is InChI=1S/C19H21NO5S/c1-25-16-7-9-17(10-8-16)26(23,24)20-12-18(19(21)22)15-6-5-13-3-2-4-14(13)11-15/h5-11,18,20H,2-4,12H2,1H3,(H,21,22). The van der Waals surface area contributed by atoms with Gasteiger partial charge in [-0.3, -0.25) is 4.79 Å². The number of carboxylic acid groups (broad SMARTS) is 1. The highest BCUT2D eigenvalue weighted by Gasteiger charge is 2.25. The van der Waals surface area contributed by atoms with Gasteiger partial charge in [-0.15, -0.1) is 0 Å². The van der Waals surface area contributed by atoms with Gasteiger partial charge in [-0.25, -0.2) is 13.1 Å². The Bertz CT molecular complexity index is 906. The molecule has 0 aliphatic heterocycles. The van der Waals surface area contributed by atoms with E-state index in [1.165, 1.54) is 24.8 Å². The molecule has 7 heteroatoms. The quantitative estimate of drug-likeness (QED) is 0.775. The van der Waals surface area contributed by atoms with E-state index in [0.29, 0.717) is 11.3 Å². The number of rotatable bonds is 7. The molecule has 6 nitrogen and oxygen atoms in total. The van der Waals surface area contributed by atoms with Crippen LogP contribution in [0.1, 0.15) is 29.0 Å². The van der Waals surface area contributed by atoms with E-state index < -0.39 is 21.9 Å². The van der Waals surface area contributed by atoms with Gasteiger partial charge in [-0.1, -0.05) is 18.2 Å². The number of aliphatic carboxylic acids is 1. The minimum absolute atomic E-state index is 0.0661. The Morgan fingerprint density at radius 1 is 1.15 bits per heavy atom. The van der Waals surface area contributed by atoms with E-state index in [4.69, 9.17) is 4.74 Å². The Labute approximate surface area is 152 Å². The number of ether oxygens (including phenoxy) is 1. The predicted octanol–water partition coefficient (Wildman–Crippen LogP) is 2.33. The zero-order chi connectivity index (χ0) is 18.7. The van der Waals surface area contributed by atoms with Crippen LogP contribution in [0.5, 0.6) is 5.75 Å². The normalized spacial score (nSPS) is 14.7. The van der Waals surface area contributed by atoms with Crippen LogP contribution in [0, 0.1) is 0 Å². The van der Waals surface area contributed by atoms with Gasteiger partial charge in [0.2, 0.25) is 10.0 Å². The summed E-state index contributed by atoms with van der Waals surface area (Å²) in [6, 6.07) is 11.6. The van der Waals surface area contributed by atoms with Gasteiger partial charge in [0.25, 0.3) is 0 Å². The molecule has 0 spiro atoms. The van der Waals surface area contributed by atoms with Crippen LogP contribution in [0.3, 0.4) is 0 Å². The van der Waals surface area contributed by atoms with Gasteiger partial charge in [-0.2, -0.15) is 0 Å². The molecule has 26 heavy (non-hydrogen) atoms. The number of hydrogen-bond donors (Lipinski definition) is 2. The summed E-state index contributed by atoms with van der Waals surface area (Å²) in [4.78, 5) is 11.8. The third kappa shape index (κ3) is 3.89. The number of nitrogens with one attached hydrogen (secondary N) is 1. The lowest BCUT2D eigenvalue weighted by Crippen LogP contribution is -2.31. The van der Waals surface area contributed by atoms with Crippen LogP contribution >= 0.6 is 0 Å². The van der Waals surface area contributed by atoms with Gasteiger partial charge < -0.3 is 9.84 Å². The molecule has 0 saturated carbocycles. The van der Waals surface area contributed by atoms with Gasteiger partial charge in [0, 0.05) is 6.54 Å². The predicted molar refractivity (Wildman–Crippen MR) is 97.0 cm³/mol. The van der Waals surface area contributed by atoms with Crippen LogP contribution in [0.2, 0.25) is 0 Å². The van der Waals surface area contributed by atoms with Crippen LogP contribution in [-0.2, 0) is 27.7 Å². The number of carbonyl (C=O) groups is 1. The first-order chi connectivity index (χ1) is 12.4. The number of hydrogen-bond acceptors (Lipinski definition) is 4. The van der Waals surface area contributed by atoms with Gasteiger partial charge in [0.1, 0.15) is 5.75 Å². The second-order valence-corrected chi connectivity index (χ2v) is 8.07. The molecule has 2 N–H and O–H groups in total. The molecule has 1 aliphatic carbocycles. The third-order valence-corrected chi connectivity index (χ3v) is 6.11. The second-order valence-electron chi connectivity index (χ2n) is 6.30. The molecule has 0 saturated heterocycles. The first-order valence-electron chi connectivity index (χ1n) is 8.39. The second kappa shape index (κ2) is 7.47. The Hall–Kier alpha value is -2.38. The molecule has 0 amide bonds. The van der Waals surface area contributed by atoms with E-state index in [-0.39, 0.29) is 11.4 Å². The molecule has 0 aromatic heterocycles. The van der Waals surface area contributed by atoms with Crippen LogP contribution < -0.4 is 9.46 Å². The lowest BCUT2D eigenvalue weighted by atomic mass is 9.96. The molecular weight excluding hydrogens is 354 g/mol. The minimum Gasteiger partial charge on any atom is -0.497 e. The number of benzene rings is 2. The Balaban J connectivity index is 1.77. The van der Waals surface area contributed by atoms with Crippen molar-refractivity contribution in [2.45, 2.75) is 30.1 Å². The van der Waals surface area contributed by atoms with Crippen molar-refractivity contribution in [1.82, 2.24) is 4.72 Å². The molecular formula is C19H21NO5S. The summed E-state index contributed by atoms with van der Waals surface area (Å²) in [5, 5.41) is 9.56. The van der Waals surface area contributed by atoms with Crippen LogP contribution in [0.25, 0.3) is 0 Å². The molecule has 138 valence electrons. The molecule has 0 fully saturated rings. The zero-order valence-electron chi connectivity index (χ0n) is 14.4. The molecule has 2 aromatic carbocycles. The summed E-state index contributed by atoms with van der Waals surface area (Å²) in [5.41, 5.74) is 3.03. The van der Waals surface area contributed by atoms with Crippen molar-refractivity contribution in [2.75, 3.05) is 13.7 Å². The van der Waals surface area contributed by atoms with Crippen LogP contribution in [0.4, 0.5) is 0 Å². The summed E-state index contributed by atoms with van der Waals surface area (Å²) >= 11 is 0. The van der Waals surface area contributed by atoms with Gasteiger partial charge >= 0.3 is 5.97 Å². The van der Waals surface area contributed by atoms with E-state index in [1.807, 2.05) is 12.1 Å². The monoisotopic (exact) mass is 375 g/mol. The molecule has 3 rings (SSSR count). The Morgan fingerprint density at radius 3 is 2.50 bits per heavy atom. The lowest BCUT2D eigenvalue weighted by molar-refractivity contribution is -0.138. The van der Waals surface area contributed by atoms with Crippen molar-refractivity contribution in [1.29, 1.82) is 0 Å². The lowest BCUT2D eigenvalue weighted by Gasteiger charge is -2.15. The van der Waals surface area contributed by atoms with Crippen LogP contribution in [-0.4, -0.2) is 33.1 Å². The molecule has 1 aliphatic rings. The molecule has 1 atom stereocenters. The molecule has 0 radical (unpaired) electrons. The van der Waals surface area contributed by atoms with E-state index in [1.54, 1.807) is 18.2 Å². The average Bonchev–Trinajstić information content (AvgIpc) is 3.09. The fraction of sp³-hybridized carbons (Fsp3) is 0.316. The topological polar surface area (TPSA) is 92.7 Å². The summed E-state index contributed by atoms with van der Waals surface area (Å²) in [7, 11) is -2.31. The zero-order valence-corrected chi connectivity index (χ0v) is 15.3. The first-order valence-corrected chi connectivity index (χ1v) is 9.87. The number of fused-ring (bicyclic) bond motifs is 1. The first kappa shape index (κ1) is 18.4. The summed E-state index contributed by atoms with van der Waals surface area (Å²) < 4.78 is 32.3. The maximum atomic E-state index is 12.4. The molecule has 0 heterocycles. The number of methoxy groups -OCH3 is 1. The number of sulfonamides is 1. The van der Waals surface area contributed by atoms with E-state index in [9.17, 15) is 18.3 Å². The van der Waals surface area contributed by atoms with E-state index in [0.717, 1.165) is 24.8 Å². The summed E-state index contributed by atoms with van der Waals surface area (Å²) in [6.07, 6.45) is 3.02. The Kier molecular flexibility index (Phi) is 5.29. The SMILES string of the molecule is COc1ccc(S(=O)(=O)NCC(C(=O)O)c2ccc3c(c2)CCC3)cc1. The number of carboxylic acids is 1. The maximum Gasteiger partial charge on any atom is 0.312 e.